The molecule has 0 bridgehead atoms. The van der Waals surface area contributed by atoms with E-state index in [4.69, 9.17) is 10.5 Å². The Balaban J connectivity index is 2.10. The summed E-state index contributed by atoms with van der Waals surface area (Å²) in [6, 6.07) is 0.128. The third-order valence-corrected chi connectivity index (χ3v) is 2.82. The average molecular weight is 252 g/mol. The summed E-state index contributed by atoms with van der Waals surface area (Å²) in [4.78, 5) is 14.8. The molecule has 1 aromatic heterocycles. The number of nitrogens with one attached hydrogen (secondary N) is 1. The van der Waals surface area contributed by atoms with Crippen LogP contribution in [-0.2, 0) is 4.74 Å². The fourth-order valence-electron chi connectivity index (χ4n) is 2.02. The van der Waals surface area contributed by atoms with E-state index in [9.17, 15) is 0 Å². The van der Waals surface area contributed by atoms with Crippen molar-refractivity contribution in [3.05, 3.63) is 0 Å². The molecule has 1 aliphatic heterocycles. The third kappa shape index (κ3) is 3.19. The second-order valence-electron chi connectivity index (χ2n) is 4.51. The van der Waals surface area contributed by atoms with E-state index in [2.05, 4.69) is 25.2 Å². The number of aromatic nitrogens is 3. The van der Waals surface area contributed by atoms with Gasteiger partial charge in [0.25, 0.3) is 0 Å². The molecular weight excluding hydrogens is 232 g/mol. The Morgan fingerprint density at radius 3 is 2.72 bits per heavy atom. The molecule has 7 heteroatoms. The minimum absolute atomic E-state index is 0.128. The molecule has 1 atom stereocenters. The number of nitrogen functional groups attached to an aromatic ring is 1. The maximum atomic E-state index is 5.72. The van der Waals surface area contributed by atoms with Gasteiger partial charge in [-0.25, -0.2) is 0 Å². The summed E-state index contributed by atoms with van der Waals surface area (Å²) in [5.74, 6) is 1.42. The Hall–Kier alpha value is -1.63. The minimum Gasteiger partial charge on any atom is -0.383 e. The van der Waals surface area contributed by atoms with Gasteiger partial charge in [-0.1, -0.05) is 0 Å². The maximum Gasteiger partial charge on any atom is 0.231 e. The molecule has 0 radical (unpaired) electrons. The van der Waals surface area contributed by atoms with Gasteiger partial charge < -0.3 is 20.7 Å². The minimum atomic E-state index is 0.128. The van der Waals surface area contributed by atoms with E-state index in [0.717, 1.165) is 13.1 Å². The van der Waals surface area contributed by atoms with Gasteiger partial charge in [-0.2, -0.15) is 15.0 Å². The average Bonchev–Trinajstić information content (AvgIpc) is 2.81. The molecule has 7 nitrogen and oxygen atoms in total. The lowest BCUT2D eigenvalue weighted by molar-refractivity contribution is 0.190. The Morgan fingerprint density at radius 1 is 1.33 bits per heavy atom. The van der Waals surface area contributed by atoms with Gasteiger partial charge in [0, 0.05) is 26.2 Å². The lowest BCUT2D eigenvalue weighted by Crippen LogP contribution is -2.25. The van der Waals surface area contributed by atoms with Crippen LogP contribution in [0.5, 0.6) is 0 Å². The van der Waals surface area contributed by atoms with Crippen molar-refractivity contribution >= 4 is 17.8 Å². The van der Waals surface area contributed by atoms with Crippen molar-refractivity contribution in [3.63, 3.8) is 0 Å². The number of ether oxygens (including phenoxy) is 1. The molecule has 0 amide bonds. The van der Waals surface area contributed by atoms with Crippen LogP contribution in [0.4, 0.5) is 17.8 Å². The first-order valence-electron chi connectivity index (χ1n) is 6.21. The zero-order valence-electron chi connectivity index (χ0n) is 10.9. The molecule has 1 saturated heterocycles. The summed E-state index contributed by atoms with van der Waals surface area (Å²) in [6.45, 7) is 4.55. The standard InChI is InChI=1S/C11H20N6O/c1-8(7-18-2)13-10-14-9(12)15-11(16-10)17-5-3-4-6-17/h8H,3-7H2,1-2H3,(H3,12,13,14,15,16). The van der Waals surface area contributed by atoms with E-state index in [-0.39, 0.29) is 12.0 Å². The largest absolute Gasteiger partial charge is 0.383 e. The van der Waals surface area contributed by atoms with Gasteiger partial charge >= 0.3 is 0 Å². The lowest BCUT2D eigenvalue weighted by atomic mass is 10.4. The molecule has 1 aliphatic rings. The first-order chi connectivity index (χ1) is 8.69. The highest BCUT2D eigenvalue weighted by molar-refractivity contribution is 5.42. The Bertz CT molecular complexity index is 393. The van der Waals surface area contributed by atoms with E-state index in [1.807, 2.05) is 6.92 Å². The van der Waals surface area contributed by atoms with E-state index < -0.39 is 0 Å². The topological polar surface area (TPSA) is 89.2 Å². The molecule has 0 aliphatic carbocycles. The molecule has 18 heavy (non-hydrogen) atoms. The van der Waals surface area contributed by atoms with Crippen molar-refractivity contribution in [3.8, 4) is 0 Å². The van der Waals surface area contributed by atoms with Crippen LogP contribution < -0.4 is 16.0 Å². The van der Waals surface area contributed by atoms with E-state index in [1.165, 1.54) is 12.8 Å². The Kier molecular flexibility index (Phi) is 4.14. The molecule has 0 aromatic carbocycles. The van der Waals surface area contributed by atoms with Gasteiger partial charge in [-0.05, 0) is 19.8 Å². The molecule has 1 unspecified atom stereocenters. The summed E-state index contributed by atoms with van der Waals surface area (Å²) >= 11 is 0. The molecule has 1 fully saturated rings. The number of hydrogen-bond acceptors (Lipinski definition) is 7. The highest BCUT2D eigenvalue weighted by Gasteiger charge is 2.17. The van der Waals surface area contributed by atoms with Gasteiger partial charge in [-0.15, -0.1) is 0 Å². The molecule has 1 aromatic rings. The highest BCUT2D eigenvalue weighted by atomic mass is 16.5. The highest BCUT2D eigenvalue weighted by Crippen LogP contribution is 2.17. The van der Waals surface area contributed by atoms with E-state index in [1.54, 1.807) is 7.11 Å². The molecule has 100 valence electrons. The second-order valence-corrected chi connectivity index (χ2v) is 4.51. The zero-order valence-corrected chi connectivity index (χ0v) is 10.9. The fourth-order valence-corrected chi connectivity index (χ4v) is 2.02. The number of methoxy groups -OCH3 is 1. The van der Waals surface area contributed by atoms with Crippen molar-refractivity contribution in [2.75, 3.05) is 42.8 Å². The summed E-state index contributed by atoms with van der Waals surface area (Å²) in [7, 11) is 1.66. The first kappa shape index (κ1) is 12.8. The van der Waals surface area contributed by atoms with E-state index in [0.29, 0.717) is 18.5 Å². The number of rotatable bonds is 5. The summed E-state index contributed by atoms with van der Waals surface area (Å²) in [5.41, 5.74) is 5.72. The van der Waals surface area contributed by atoms with Crippen molar-refractivity contribution in [2.24, 2.45) is 0 Å². The van der Waals surface area contributed by atoms with Crippen LogP contribution in [0, 0.1) is 0 Å². The first-order valence-corrected chi connectivity index (χ1v) is 6.21. The smallest absolute Gasteiger partial charge is 0.231 e. The summed E-state index contributed by atoms with van der Waals surface area (Å²) in [6.07, 6.45) is 2.35. The zero-order chi connectivity index (χ0) is 13.0. The van der Waals surface area contributed by atoms with Crippen LogP contribution in [0.25, 0.3) is 0 Å². The van der Waals surface area contributed by atoms with Crippen molar-refractivity contribution < 1.29 is 4.74 Å². The van der Waals surface area contributed by atoms with Gasteiger partial charge in [0.15, 0.2) is 0 Å². The molecule has 2 heterocycles. The maximum absolute atomic E-state index is 5.72. The third-order valence-electron chi connectivity index (χ3n) is 2.82. The number of nitrogens with two attached hydrogens (primary N) is 1. The number of hydrogen-bond donors (Lipinski definition) is 2. The Morgan fingerprint density at radius 2 is 2.06 bits per heavy atom. The van der Waals surface area contributed by atoms with Crippen LogP contribution in [0.3, 0.4) is 0 Å². The fraction of sp³-hybridized carbons (Fsp3) is 0.727. The molecule has 0 saturated carbocycles. The quantitative estimate of drug-likeness (QED) is 0.788. The molecule has 3 N–H and O–H groups in total. The van der Waals surface area contributed by atoms with Gasteiger partial charge in [-0.3, -0.25) is 0 Å². The van der Waals surface area contributed by atoms with Crippen LogP contribution in [0.2, 0.25) is 0 Å². The normalized spacial score (nSPS) is 16.9. The van der Waals surface area contributed by atoms with Crippen molar-refractivity contribution in [1.29, 1.82) is 0 Å². The monoisotopic (exact) mass is 252 g/mol. The van der Waals surface area contributed by atoms with Crippen LogP contribution >= 0.6 is 0 Å². The van der Waals surface area contributed by atoms with Crippen molar-refractivity contribution in [1.82, 2.24) is 15.0 Å². The van der Waals surface area contributed by atoms with Gasteiger partial charge in [0.2, 0.25) is 17.8 Å². The summed E-state index contributed by atoms with van der Waals surface area (Å²) < 4.78 is 5.06. The summed E-state index contributed by atoms with van der Waals surface area (Å²) in [5, 5.41) is 3.15. The predicted molar refractivity (Wildman–Crippen MR) is 70.6 cm³/mol. The predicted octanol–water partition coefficient (Wildman–Crippen LogP) is 0.501. The Labute approximate surface area is 107 Å². The number of anilines is 3. The van der Waals surface area contributed by atoms with Crippen LogP contribution in [0.1, 0.15) is 19.8 Å². The molecule has 0 spiro atoms. The second kappa shape index (κ2) is 5.81. The SMILES string of the molecule is COCC(C)Nc1nc(N)nc(N2CCCC2)n1. The molecule has 2 rings (SSSR count). The number of nitrogens with zero attached hydrogens (tertiary/aromatic N) is 4. The lowest BCUT2D eigenvalue weighted by Gasteiger charge is -2.17. The van der Waals surface area contributed by atoms with Gasteiger partial charge in [0.1, 0.15) is 0 Å². The van der Waals surface area contributed by atoms with Crippen molar-refractivity contribution in [2.45, 2.75) is 25.8 Å². The molecular formula is C11H20N6O. The van der Waals surface area contributed by atoms with Crippen LogP contribution in [0.15, 0.2) is 0 Å². The van der Waals surface area contributed by atoms with E-state index >= 15 is 0 Å². The van der Waals surface area contributed by atoms with Gasteiger partial charge in [0.05, 0.1) is 6.61 Å². The van der Waals surface area contributed by atoms with Crippen LogP contribution in [-0.4, -0.2) is 47.8 Å².